The highest BCUT2D eigenvalue weighted by Crippen LogP contribution is 2.27. The summed E-state index contributed by atoms with van der Waals surface area (Å²) in [5, 5.41) is 4.87. The lowest BCUT2D eigenvalue weighted by Crippen LogP contribution is -2.23. The van der Waals surface area contributed by atoms with E-state index in [2.05, 4.69) is 15.3 Å². The van der Waals surface area contributed by atoms with E-state index in [1.165, 1.54) is 34.2 Å². The van der Waals surface area contributed by atoms with E-state index in [0.717, 1.165) is 35.0 Å². The van der Waals surface area contributed by atoms with Gasteiger partial charge in [0.2, 0.25) is 0 Å². The molecule has 0 aliphatic heterocycles. The molecule has 0 radical (unpaired) electrons. The van der Waals surface area contributed by atoms with Gasteiger partial charge in [-0.05, 0) is 43.2 Å². The summed E-state index contributed by atoms with van der Waals surface area (Å²) in [6.07, 6.45) is 3.11. The molecule has 1 aromatic carbocycles. The van der Waals surface area contributed by atoms with Gasteiger partial charge in [0.1, 0.15) is 17.3 Å². The molecule has 6 nitrogen and oxygen atoms in total. The number of carbonyl (C=O) groups excluding carboxylic acids is 1. The van der Waals surface area contributed by atoms with E-state index < -0.39 is 23.1 Å². The Morgan fingerprint density at radius 2 is 1.97 bits per heavy atom. The summed E-state index contributed by atoms with van der Waals surface area (Å²) in [5.74, 6) is -1.92. The Kier molecular flexibility index (Phi) is 5.91. The molecule has 1 N–H and O–H groups in total. The van der Waals surface area contributed by atoms with Crippen molar-refractivity contribution in [2.24, 2.45) is 0 Å². The van der Waals surface area contributed by atoms with E-state index >= 15 is 0 Å². The van der Waals surface area contributed by atoms with Crippen LogP contribution in [0.3, 0.4) is 0 Å². The summed E-state index contributed by atoms with van der Waals surface area (Å²) in [4.78, 5) is 33.8. The third-order valence-electron chi connectivity index (χ3n) is 5.06. The van der Waals surface area contributed by atoms with Crippen LogP contribution in [0.4, 0.5) is 13.9 Å². The topological polar surface area (TPSA) is 76.9 Å². The molecular formula is C23H18F2N4O2S. The predicted octanol–water partition coefficient (Wildman–Crippen LogP) is 4.56. The number of aromatic nitrogens is 3. The van der Waals surface area contributed by atoms with Crippen LogP contribution in [0.2, 0.25) is 0 Å². The number of halogens is 2. The summed E-state index contributed by atoms with van der Waals surface area (Å²) in [6.45, 7) is 3.87. The lowest BCUT2D eigenvalue weighted by molar-refractivity contribution is 0.102. The van der Waals surface area contributed by atoms with Crippen LogP contribution in [0.25, 0.3) is 11.4 Å². The van der Waals surface area contributed by atoms with E-state index in [0.29, 0.717) is 10.8 Å². The monoisotopic (exact) mass is 452 g/mol. The number of carbonyl (C=O) groups is 1. The molecule has 0 unspecified atom stereocenters. The van der Waals surface area contributed by atoms with Crippen molar-refractivity contribution in [2.45, 2.75) is 20.4 Å². The minimum Gasteiger partial charge on any atom is -0.311 e. The smallest absolute Gasteiger partial charge is 0.257 e. The standard InChI is InChI=1S/C23H18F2N4O2S/c1-13-5-7-26-21(14(13)2)19-12-32-23(27-19)28-22(31)15-6-8-29(20(30)9-15)11-16-3-4-17(24)10-18(16)25/h3-10,12H,11H2,1-2H3,(H,27,28,31). The second kappa shape index (κ2) is 8.80. The molecule has 0 spiro atoms. The van der Waals surface area contributed by atoms with Crippen molar-refractivity contribution < 1.29 is 13.6 Å². The molecule has 4 rings (SSSR count). The number of thiazole rings is 1. The molecule has 0 atom stereocenters. The summed E-state index contributed by atoms with van der Waals surface area (Å²) in [5.41, 5.74) is 3.33. The maximum Gasteiger partial charge on any atom is 0.257 e. The normalized spacial score (nSPS) is 10.9. The number of anilines is 1. The first-order chi connectivity index (χ1) is 15.3. The number of benzene rings is 1. The molecule has 32 heavy (non-hydrogen) atoms. The van der Waals surface area contributed by atoms with Gasteiger partial charge >= 0.3 is 0 Å². The van der Waals surface area contributed by atoms with Crippen molar-refractivity contribution >= 4 is 22.4 Å². The van der Waals surface area contributed by atoms with Crippen LogP contribution in [0.1, 0.15) is 27.0 Å². The molecule has 3 heterocycles. The van der Waals surface area contributed by atoms with Gasteiger partial charge in [0.25, 0.3) is 11.5 Å². The Balaban J connectivity index is 1.50. The number of hydrogen-bond donors (Lipinski definition) is 1. The zero-order valence-electron chi connectivity index (χ0n) is 17.2. The third-order valence-corrected chi connectivity index (χ3v) is 5.81. The highest BCUT2D eigenvalue weighted by molar-refractivity contribution is 7.14. The van der Waals surface area contributed by atoms with Gasteiger partial charge in [0, 0.05) is 41.0 Å². The van der Waals surface area contributed by atoms with Gasteiger partial charge in [-0.2, -0.15) is 0 Å². The molecule has 0 aliphatic rings. The average Bonchev–Trinajstić information content (AvgIpc) is 3.21. The van der Waals surface area contributed by atoms with Crippen LogP contribution in [-0.4, -0.2) is 20.4 Å². The van der Waals surface area contributed by atoms with Crippen molar-refractivity contribution in [3.63, 3.8) is 0 Å². The van der Waals surface area contributed by atoms with E-state index in [4.69, 9.17) is 0 Å². The van der Waals surface area contributed by atoms with Crippen LogP contribution in [0.15, 0.2) is 59.0 Å². The molecule has 4 aromatic rings. The second-order valence-corrected chi connectivity index (χ2v) is 8.07. The Morgan fingerprint density at radius 1 is 1.16 bits per heavy atom. The van der Waals surface area contributed by atoms with Crippen LogP contribution >= 0.6 is 11.3 Å². The molecule has 3 aromatic heterocycles. The maximum absolute atomic E-state index is 13.9. The van der Waals surface area contributed by atoms with Gasteiger partial charge < -0.3 is 4.57 Å². The number of amides is 1. The minimum absolute atomic E-state index is 0.0778. The average molecular weight is 452 g/mol. The fourth-order valence-corrected chi connectivity index (χ4v) is 3.80. The third kappa shape index (κ3) is 4.47. The molecule has 1 amide bonds. The first-order valence-electron chi connectivity index (χ1n) is 9.65. The minimum atomic E-state index is -0.739. The Bertz CT molecular complexity index is 1380. The fraction of sp³-hybridized carbons (Fsp3) is 0.130. The van der Waals surface area contributed by atoms with Crippen molar-refractivity contribution in [1.82, 2.24) is 14.5 Å². The van der Waals surface area contributed by atoms with Gasteiger partial charge in [-0.25, -0.2) is 13.8 Å². The van der Waals surface area contributed by atoms with Gasteiger partial charge in [-0.1, -0.05) is 6.07 Å². The molecular weight excluding hydrogens is 434 g/mol. The quantitative estimate of drug-likeness (QED) is 0.482. The SMILES string of the molecule is Cc1ccnc(-c2csc(NC(=O)c3ccn(Cc4ccc(F)cc4F)c(=O)c3)n2)c1C. The summed E-state index contributed by atoms with van der Waals surface area (Å²) < 4.78 is 28.2. The highest BCUT2D eigenvalue weighted by Gasteiger charge is 2.14. The van der Waals surface area contributed by atoms with Gasteiger partial charge in [0.15, 0.2) is 5.13 Å². The lowest BCUT2D eigenvalue weighted by Gasteiger charge is -2.08. The zero-order valence-corrected chi connectivity index (χ0v) is 18.0. The van der Waals surface area contributed by atoms with Crippen molar-refractivity contribution in [3.8, 4) is 11.4 Å². The predicted molar refractivity (Wildman–Crippen MR) is 119 cm³/mol. The molecule has 9 heteroatoms. The van der Waals surface area contributed by atoms with Crippen LogP contribution in [0.5, 0.6) is 0 Å². The molecule has 162 valence electrons. The van der Waals surface area contributed by atoms with Crippen LogP contribution < -0.4 is 10.9 Å². The summed E-state index contributed by atoms with van der Waals surface area (Å²) in [7, 11) is 0. The first-order valence-corrected chi connectivity index (χ1v) is 10.5. The van der Waals surface area contributed by atoms with Crippen molar-refractivity contribution in [3.05, 3.63) is 98.4 Å². The number of nitrogens with zero attached hydrogens (tertiary/aromatic N) is 3. The lowest BCUT2D eigenvalue weighted by atomic mass is 10.1. The molecule has 0 saturated heterocycles. The number of aryl methyl sites for hydroxylation is 1. The first kappa shape index (κ1) is 21.5. The fourth-order valence-electron chi connectivity index (χ4n) is 3.11. The maximum atomic E-state index is 13.9. The van der Waals surface area contributed by atoms with Crippen molar-refractivity contribution in [2.75, 3.05) is 5.32 Å². The zero-order chi connectivity index (χ0) is 22.8. The second-order valence-electron chi connectivity index (χ2n) is 7.21. The van der Waals surface area contributed by atoms with Gasteiger partial charge in [-0.15, -0.1) is 11.3 Å². The Labute approximate surface area is 186 Å². The van der Waals surface area contributed by atoms with Gasteiger partial charge in [-0.3, -0.25) is 19.9 Å². The van der Waals surface area contributed by atoms with Crippen LogP contribution in [0, 0.1) is 25.5 Å². The van der Waals surface area contributed by atoms with Crippen molar-refractivity contribution in [1.29, 1.82) is 0 Å². The number of pyridine rings is 2. The Morgan fingerprint density at radius 3 is 2.72 bits per heavy atom. The molecule has 0 fully saturated rings. The van der Waals surface area contributed by atoms with E-state index in [-0.39, 0.29) is 17.7 Å². The van der Waals surface area contributed by atoms with Gasteiger partial charge in [0.05, 0.1) is 12.2 Å². The number of nitrogens with one attached hydrogen (secondary N) is 1. The summed E-state index contributed by atoms with van der Waals surface area (Å²) >= 11 is 1.26. The van der Waals surface area contributed by atoms with E-state index in [1.807, 2.05) is 19.9 Å². The Hall–Kier alpha value is -3.72. The summed E-state index contributed by atoms with van der Waals surface area (Å²) in [6, 6.07) is 7.71. The molecule has 0 saturated carbocycles. The number of hydrogen-bond acceptors (Lipinski definition) is 5. The highest BCUT2D eigenvalue weighted by atomic mass is 32.1. The molecule has 0 aliphatic carbocycles. The van der Waals surface area contributed by atoms with E-state index in [9.17, 15) is 18.4 Å². The van der Waals surface area contributed by atoms with Crippen LogP contribution in [-0.2, 0) is 6.54 Å². The largest absolute Gasteiger partial charge is 0.311 e. The van der Waals surface area contributed by atoms with E-state index in [1.54, 1.807) is 11.6 Å². The number of rotatable bonds is 5. The molecule has 0 bridgehead atoms.